The number of anilines is 2. The van der Waals surface area contributed by atoms with Crippen LogP contribution in [0.15, 0.2) is 10.7 Å². The predicted molar refractivity (Wildman–Crippen MR) is 70.6 cm³/mol. The molecule has 1 aliphatic carbocycles. The number of fused-ring (bicyclic) bond motifs is 1. The minimum absolute atomic E-state index is 0.472. The molecule has 2 atom stereocenters. The number of hydrazine groups is 1. The van der Waals surface area contributed by atoms with Gasteiger partial charge in [-0.15, -0.1) is 0 Å². The Morgan fingerprint density at radius 2 is 2.06 bits per heavy atom. The van der Waals surface area contributed by atoms with E-state index in [2.05, 4.69) is 36.2 Å². The molecule has 0 bridgehead atoms. The van der Waals surface area contributed by atoms with Gasteiger partial charge in [0.1, 0.15) is 5.82 Å². The van der Waals surface area contributed by atoms with Gasteiger partial charge >= 0.3 is 0 Å². The monoisotopic (exact) mass is 297 g/mol. The summed E-state index contributed by atoms with van der Waals surface area (Å²) in [7, 11) is 0. The number of nitrogens with two attached hydrogens (primary N) is 1. The number of hydrogen-bond donors (Lipinski definition) is 2. The summed E-state index contributed by atoms with van der Waals surface area (Å²) in [5.74, 6) is 8.49. The second-order valence-electron chi connectivity index (χ2n) is 4.87. The van der Waals surface area contributed by atoms with Crippen LogP contribution in [-0.2, 0) is 0 Å². The van der Waals surface area contributed by atoms with Gasteiger partial charge in [-0.1, -0.05) is 6.42 Å². The third-order valence-electron chi connectivity index (χ3n) is 3.88. The highest BCUT2D eigenvalue weighted by atomic mass is 79.9. The summed E-state index contributed by atoms with van der Waals surface area (Å²) in [4.78, 5) is 10.9. The van der Waals surface area contributed by atoms with Crippen molar-refractivity contribution in [3.05, 3.63) is 10.7 Å². The number of nitrogens with zero attached hydrogens (tertiary/aromatic N) is 3. The van der Waals surface area contributed by atoms with Gasteiger partial charge in [-0.2, -0.15) is 4.98 Å². The number of aromatic nitrogens is 2. The van der Waals surface area contributed by atoms with Crippen molar-refractivity contribution in [3.8, 4) is 0 Å². The van der Waals surface area contributed by atoms with Crippen LogP contribution in [0.3, 0.4) is 0 Å². The van der Waals surface area contributed by atoms with Crippen LogP contribution in [0.2, 0.25) is 0 Å². The van der Waals surface area contributed by atoms with E-state index in [0.29, 0.717) is 5.95 Å². The van der Waals surface area contributed by atoms with Crippen molar-refractivity contribution in [3.63, 3.8) is 0 Å². The van der Waals surface area contributed by atoms with E-state index in [1.807, 2.05) is 0 Å². The summed E-state index contributed by atoms with van der Waals surface area (Å²) in [5, 5.41) is 0. The lowest BCUT2D eigenvalue weighted by Crippen LogP contribution is -2.23. The highest BCUT2D eigenvalue weighted by molar-refractivity contribution is 9.10. The smallest absolute Gasteiger partial charge is 0.239 e. The van der Waals surface area contributed by atoms with Crippen molar-refractivity contribution in [2.24, 2.45) is 17.7 Å². The van der Waals surface area contributed by atoms with Gasteiger partial charge in [0.05, 0.1) is 4.47 Å². The van der Waals surface area contributed by atoms with Crippen LogP contribution in [0.1, 0.15) is 19.3 Å². The fourth-order valence-corrected chi connectivity index (χ4v) is 3.50. The van der Waals surface area contributed by atoms with Crippen LogP contribution < -0.4 is 16.2 Å². The fraction of sp³-hybridized carbons (Fsp3) is 0.636. The zero-order chi connectivity index (χ0) is 11.8. The van der Waals surface area contributed by atoms with E-state index in [0.717, 1.165) is 35.2 Å². The molecule has 1 saturated heterocycles. The van der Waals surface area contributed by atoms with Crippen molar-refractivity contribution in [2.75, 3.05) is 23.4 Å². The van der Waals surface area contributed by atoms with Gasteiger partial charge < -0.3 is 4.90 Å². The van der Waals surface area contributed by atoms with Gasteiger partial charge in [0.15, 0.2) is 0 Å². The topological polar surface area (TPSA) is 67.1 Å². The zero-order valence-electron chi connectivity index (χ0n) is 9.56. The molecule has 1 aliphatic heterocycles. The molecule has 1 aromatic rings. The molecule has 1 saturated carbocycles. The molecule has 0 amide bonds. The maximum Gasteiger partial charge on any atom is 0.239 e. The minimum Gasteiger partial charge on any atom is -0.355 e. The Bertz CT molecular complexity index is 412. The Morgan fingerprint density at radius 3 is 2.71 bits per heavy atom. The van der Waals surface area contributed by atoms with E-state index in [1.165, 1.54) is 19.3 Å². The van der Waals surface area contributed by atoms with Crippen molar-refractivity contribution in [2.45, 2.75) is 19.3 Å². The van der Waals surface area contributed by atoms with Gasteiger partial charge in [0, 0.05) is 19.3 Å². The highest BCUT2D eigenvalue weighted by Crippen LogP contribution is 2.40. The number of hydrogen-bond acceptors (Lipinski definition) is 5. The normalized spacial score (nSPS) is 27.3. The molecule has 6 heteroatoms. The van der Waals surface area contributed by atoms with Crippen molar-refractivity contribution < 1.29 is 0 Å². The Morgan fingerprint density at radius 1 is 1.35 bits per heavy atom. The molecule has 2 unspecified atom stereocenters. The summed E-state index contributed by atoms with van der Waals surface area (Å²) in [6.45, 7) is 2.23. The van der Waals surface area contributed by atoms with Crippen LogP contribution >= 0.6 is 15.9 Å². The predicted octanol–water partition coefficient (Wildman–Crippen LogP) is 1.76. The quantitative estimate of drug-likeness (QED) is 0.643. The van der Waals surface area contributed by atoms with Gasteiger partial charge in [-0.3, -0.25) is 5.43 Å². The Kier molecular flexibility index (Phi) is 2.92. The van der Waals surface area contributed by atoms with Crippen molar-refractivity contribution >= 4 is 27.7 Å². The van der Waals surface area contributed by atoms with E-state index in [9.17, 15) is 0 Å². The van der Waals surface area contributed by atoms with E-state index in [4.69, 9.17) is 5.84 Å². The molecule has 3 N–H and O–H groups in total. The standard InChI is InChI=1S/C11H16BrN5/c12-9-4-14-11(16-13)15-10(9)17-5-7-2-1-3-8(7)6-17/h4,7-8H,1-3,5-6,13H2,(H,14,15,16). The molecule has 1 aromatic heterocycles. The molecule has 5 nitrogen and oxygen atoms in total. The maximum atomic E-state index is 5.35. The second-order valence-corrected chi connectivity index (χ2v) is 5.72. The van der Waals surface area contributed by atoms with Crippen LogP contribution in [0.5, 0.6) is 0 Å². The third kappa shape index (κ3) is 1.99. The maximum absolute atomic E-state index is 5.35. The number of halogens is 1. The number of rotatable bonds is 2. The van der Waals surface area contributed by atoms with Crippen molar-refractivity contribution in [1.29, 1.82) is 0 Å². The molecule has 0 aromatic carbocycles. The average Bonchev–Trinajstić information content (AvgIpc) is 2.90. The summed E-state index contributed by atoms with van der Waals surface area (Å²) >= 11 is 3.51. The molecule has 0 radical (unpaired) electrons. The van der Waals surface area contributed by atoms with Gasteiger partial charge in [0.25, 0.3) is 0 Å². The largest absolute Gasteiger partial charge is 0.355 e. The lowest BCUT2D eigenvalue weighted by Gasteiger charge is -2.19. The van der Waals surface area contributed by atoms with E-state index >= 15 is 0 Å². The summed E-state index contributed by atoms with van der Waals surface area (Å²) in [5.41, 5.74) is 2.50. The molecular weight excluding hydrogens is 282 g/mol. The van der Waals surface area contributed by atoms with Crippen molar-refractivity contribution in [1.82, 2.24) is 9.97 Å². The van der Waals surface area contributed by atoms with Gasteiger partial charge in [0.2, 0.25) is 5.95 Å². The zero-order valence-corrected chi connectivity index (χ0v) is 11.2. The van der Waals surface area contributed by atoms with E-state index in [-0.39, 0.29) is 0 Å². The lowest BCUT2D eigenvalue weighted by molar-refractivity contribution is 0.494. The summed E-state index contributed by atoms with van der Waals surface area (Å²) in [6.07, 6.45) is 5.88. The summed E-state index contributed by atoms with van der Waals surface area (Å²) in [6, 6.07) is 0. The second kappa shape index (κ2) is 4.42. The van der Waals surface area contributed by atoms with Gasteiger partial charge in [-0.25, -0.2) is 10.8 Å². The van der Waals surface area contributed by atoms with Crippen LogP contribution in [0, 0.1) is 11.8 Å². The first-order valence-electron chi connectivity index (χ1n) is 6.02. The highest BCUT2D eigenvalue weighted by Gasteiger charge is 2.37. The molecule has 2 fully saturated rings. The lowest BCUT2D eigenvalue weighted by atomic mass is 10.0. The summed E-state index contributed by atoms with van der Waals surface area (Å²) < 4.78 is 0.941. The Labute approximate surface area is 109 Å². The number of nitrogen functional groups attached to an aromatic ring is 1. The Balaban J connectivity index is 1.84. The van der Waals surface area contributed by atoms with E-state index < -0.39 is 0 Å². The van der Waals surface area contributed by atoms with Crippen LogP contribution in [0.25, 0.3) is 0 Å². The molecule has 2 aliphatic rings. The molecule has 17 heavy (non-hydrogen) atoms. The first-order chi connectivity index (χ1) is 8.28. The molecule has 3 rings (SSSR count). The Hall–Kier alpha value is -0.880. The average molecular weight is 298 g/mol. The van der Waals surface area contributed by atoms with Crippen LogP contribution in [-0.4, -0.2) is 23.1 Å². The third-order valence-corrected chi connectivity index (χ3v) is 4.44. The van der Waals surface area contributed by atoms with E-state index in [1.54, 1.807) is 6.20 Å². The molecule has 92 valence electrons. The minimum atomic E-state index is 0.472. The number of nitrogens with one attached hydrogen (secondary N) is 1. The van der Waals surface area contributed by atoms with Gasteiger partial charge in [-0.05, 0) is 40.6 Å². The molecule has 2 heterocycles. The molecular formula is C11H16BrN5. The first kappa shape index (κ1) is 11.2. The molecule has 0 spiro atoms. The SMILES string of the molecule is NNc1ncc(Br)c(N2CC3CCCC3C2)n1. The first-order valence-corrected chi connectivity index (χ1v) is 6.81. The fourth-order valence-electron chi connectivity index (χ4n) is 3.06. The van der Waals surface area contributed by atoms with Crippen LogP contribution in [0.4, 0.5) is 11.8 Å².